The summed E-state index contributed by atoms with van der Waals surface area (Å²) in [6, 6.07) is 0. The van der Waals surface area contributed by atoms with Crippen molar-refractivity contribution in [2.45, 2.75) is 24.7 Å². The maximum absolute atomic E-state index is 10.7. The van der Waals surface area contributed by atoms with Gasteiger partial charge < -0.3 is 14.9 Å². The Labute approximate surface area is 73.6 Å². The van der Waals surface area contributed by atoms with Gasteiger partial charge in [0.15, 0.2) is 6.10 Å². The van der Waals surface area contributed by atoms with Crippen LogP contribution in [0.3, 0.4) is 0 Å². The smallest absolute Gasteiger partial charge is 0.335 e. The number of aliphatic hydroxyl groups excluding tert-OH is 2. The maximum atomic E-state index is 10.7. The van der Waals surface area contributed by atoms with Gasteiger partial charge in [0.25, 0.3) is 0 Å². The monoisotopic (exact) mass is 187 g/mol. The van der Waals surface area contributed by atoms with Crippen molar-refractivity contribution >= 4 is 5.97 Å². The Morgan fingerprint density at radius 1 is 1.85 bits per heavy atom. The van der Waals surface area contributed by atoms with Gasteiger partial charge in [-0.05, 0) is 5.53 Å². The minimum absolute atomic E-state index is 0.0426. The maximum Gasteiger partial charge on any atom is 0.335 e. The lowest BCUT2D eigenvalue weighted by Gasteiger charge is -2.13. The number of carbonyl (C=O) groups excluding carboxylic acids is 1. The normalized spacial score (nSPS) is 29.2. The Hall–Kier alpha value is -1.30. The summed E-state index contributed by atoms with van der Waals surface area (Å²) in [5, 5.41) is 21.3. The number of carbonyl (C=O) groups is 1. The lowest BCUT2D eigenvalue weighted by atomic mass is 10.1. The molecule has 1 rings (SSSR count). The van der Waals surface area contributed by atoms with E-state index < -0.39 is 24.3 Å². The third kappa shape index (κ3) is 2.32. The van der Waals surface area contributed by atoms with Crippen molar-refractivity contribution in [3.05, 3.63) is 10.4 Å². The van der Waals surface area contributed by atoms with Crippen LogP contribution < -0.4 is 0 Å². The van der Waals surface area contributed by atoms with Gasteiger partial charge in [-0.25, -0.2) is 4.79 Å². The largest absolute Gasteiger partial charge is 0.458 e. The molecule has 3 atom stereocenters. The molecule has 0 bridgehead atoms. The SMILES string of the molecule is [N-]=[N+]=NC[C@@H](O)[C@@H]1C[C@@H](O)C(=O)O1. The molecule has 1 saturated heterocycles. The first kappa shape index (κ1) is 9.79. The van der Waals surface area contributed by atoms with E-state index in [1.54, 1.807) is 0 Å². The highest BCUT2D eigenvalue weighted by molar-refractivity contribution is 5.76. The van der Waals surface area contributed by atoms with Crippen LogP contribution in [0.1, 0.15) is 6.42 Å². The number of hydrogen-bond acceptors (Lipinski definition) is 5. The van der Waals surface area contributed by atoms with Crippen molar-refractivity contribution in [1.29, 1.82) is 0 Å². The van der Waals surface area contributed by atoms with Gasteiger partial charge in [0, 0.05) is 11.3 Å². The minimum Gasteiger partial charge on any atom is -0.458 e. The molecular formula is C6H9N3O4. The number of aliphatic hydroxyl groups is 2. The second kappa shape index (κ2) is 4.08. The highest BCUT2D eigenvalue weighted by Crippen LogP contribution is 2.17. The topological polar surface area (TPSA) is 116 Å². The molecule has 13 heavy (non-hydrogen) atoms. The van der Waals surface area contributed by atoms with Crippen LogP contribution >= 0.6 is 0 Å². The van der Waals surface area contributed by atoms with E-state index in [0.717, 1.165) is 0 Å². The summed E-state index contributed by atoms with van der Waals surface area (Å²) in [6.07, 6.45) is -2.95. The summed E-state index contributed by atoms with van der Waals surface area (Å²) in [4.78, 5) is 13.1. The first-order valence-electron chi connectivity index (χ1n) is 3.72. The van der Waals surface area contributed by atoms with Gasteiger partial charge >= 0.3 is 5.97 Å². The van der Waals surface area contributed by atoms with E-state index in [1.165, 1.54) is 0 Å². The molecule has 1 fully saturated rings. The first-order chi connectivity index (χ1) is 6.15. The standard InChI is InChI=1S/C6H9N3O4/c7-9-8-2-4(11)5-1-3(10)6(12)13-5/h3-5,10-11H,1-2H2/t3-,4-,5+/m1/s1. The lowest BCUT2D eigenvalue weighted by molar-refractivity contribution is -0.150. The average molecular weight is 187 g/mol. The van der Waals surface area contributed by atoms with Crippen LogP contribution in [0.5, 0.6) is 0 Å². The van der Waals surface area contributed by atoms with Crippen LogP contribution in [-0.4, -0.2) is 41.0 Å². The fourth-order valence-electron chi connectivity index (χ4n) is 1.07. The van der Waals surface area contributed by atoms with Crippen LogP contribution in [0.25, 0.3) is 10.4 Å². The Morgan fingerprint density at radius 3 is 3.00 bits per heavy atom. The molecule has 1 aliphatic heterocycles. The van der Waals surface area contributed by atoms with Gasteiger partial charge in [-0.1, -0.05) is 5.11 Å². The summed E-state index contributed by atoms with van der Waals surface area (Å²) in [7, 11) is 0. The Bertz CT molecular complexity index is 250. The van der Waals surface area contributed by atoms with Gasteiger partial charge in [-0.15, -0.1) is 0 Å². The van der Waals surface area contributed by atoms with E-state index in [2.05, 4.69) is 14.8 Å². The fraction of sp³-hybridized carbons (Fsp3) is 0.833. The number of cyclic esters (lactones) is 1. The summed E-state index contributed by atoms with van der Waals surface area (Å²) in [5.41, 5.74) is 7.95. The zero-order valence-corrected chi connectivity index (χ0v) is 6.70. The molecule has 0 amide bonds. The van der Waals surface area contributed by atoms with Gasteiger partial charge in [-0.3, -0.25) is 0 Å². The molecule has 7 nitrogen and oxygen atoms in total. The van der Waals surface area contributed by atoms with Crippen molar-refractivity contribution in [3.8, 4) is 0 Å². The molecule has 0 unspecified atom stereocenters. The number of azide groups is 1. The third-order valence-corrected chi connectivity index (χ3v) is 1.76. The number of esters is 1. The van der Waals surface area contributed by atoms with E-state index in [-0.39, 0.29) is 13.0 Å². The number of rotatable bonds is 3. The van der Waals surface area contributed by atoms with Gasteiger partial charge in [0.1, 0.15) is 6.10 Å². The predicted octanol–water partition coefficient (Wildman–Crippen LogP) is -0.666. The van der Waals surface area contributed by atoms with Crippen molar-refractivity contribution in [1.82, 2.24) is 0 Å². The summed E-state index contributed by atoms with van der Waals surface area (Å²) >= 11 is 0. The molecule has 0 aromatic heterocycles. The van der Waals surface area contributed by atoms with Gasteiger partial charge in [0.05, 0.1) is 12.6 Å². The average Bonchev–Trinajstić information content (AvgIpc) is 2.43. The van der Waals surface area contributed by atoms with Crippen LogP contribution in [0.4, 0.5) is 0 Å². The van der Waals surface area contributed by atoms with Crippen molar-refractivity contribution in [2.24, 2.45) is 5.11 Å². The highest BCUT2D eigenvalue weighted by atomic mass is 16.6. The first-order valence-corrected chi connectivity index (χ1v) is 3.72. The number of ether oxygens (including phenoxy) is 1. The van der Waals surface area contributed by atoms with Crippen molar-refractivity contribution in [3.63, 3.8) is 0 Å². The molecule has 0 aromatic carbocycles. The van der Waals surface area contributed by atoms with Crippen molar-refractivity contribution < 1.29 is 19.7 Å². The highest BCUT2D eigenvalue weighted by Gasteiger charge is 2.36. The van der Waals surface area contributed by atoms with Crippen LogP contribution in [-0.2, 0) is 9.53 Å². The van der Waals surface area contributed by atoms with Gasteiger partial charge in [0.2, 0.25) is 0 Å². The van der Waals surface area contributed by atoms with Crippen LogP contribution in [0.15, 0.2) is 5.11 Å². The number of nitrogens with zero attached hydrogens (tertiary/aromatic N) is 3. The summed E-state index contributed by atoms with van der Waals surface area (Å²) in [6.45, 7) is -0.166. The molecule has 72 valence electrons. The molecule has 1 aliphatic rings. The van der Waals surface area contributed by atoms with Crippen molar-refractivity contribution in [2.75, 3.05) is 6.54 Å². The van der Waals surface area contributed by atoms with E-state index in [1.807, 2.05) is 0 Å². The summed E-state index contributed by atoms with van der Waals surface area (Å²) in [5.74, 6) is -0.745. The molecule has 0 aromatic rings. The molecule has 2 N–H and O–H groups in total. The van der Waals surface area contributed by atoms with E-state index in [4.69, 9.17) is 10.6 Å². The molecule has 1 heterocycles. The Kier molecular flexibility index (Phi) is 3.07. The third-order valence-electron chi connectivity index (χ3n) is 1.76. The second-order valence-electron chi connectivity index (χ2n) is 2.71. The van der Waals surface area contributed by atoms with Crippen LogP contribution in [0.2, 0.25) is 0 Å². The van der Waals surface area contributed by atoms with E-state index in [9.17, 15) is 9.90 Å². The predicted molar refractivity (Wildman–Crippen MR) is 40.5 cm³/mol. The molecule has 7 heteroatoms. The van der Waals surface area contributed by atoms with Gasteiger partial charge in [-0.2, -0.15) is 0 Å². The molecule has 0 aliphatic carbocycles. The summed E-state index contributed by atoms with van der Waals surface area (Å²) < 4.78 is 4.61. The fourth-order valence-corrected chi connectivity index (χ4v) is 1.07. The van der Waals surface area contributed by atoms with Crippen LogP contribution in [0, 0.1) is 0 Å². The zero-order valence-electron chi connectivity index (χ0n) is 6.70. The minimum atomic E-state index is -1.18. The molecular weight excluding hydrogens is 178 g/mol. The van der Waals surface area contributed by atoms with E-state index in [0.29, 0.717) is 0 Å². The second-order valence-corrected chi connectivity index (χ2v) is 2.71. The molecule has 0 spiro atoms. The zero-order chi connectivity index (χ0) is 9.84. The Balaban J connectivity index is 2.45. The Morgan fingerprint density at radius 2 is 2.54 bits per heavy atom. The van der Waals surface area contributed by atoms with E-state index >= 15 is 0 Å². The number of hydrogen-bond donors (Lipinski definition) is 2. The quantitative estimate of drug-likeness (QED) is 0.264. The molecule has 0 saturated carbocycles. The molecule has 0 radical (unpaired) electrons. The lowest BCUT2D eigenvalue weighted by Crippen LogP contribution is -2.28.